The van der Waals surface area contributed by atoms with Gasteiger partial charge in [0.2, 0.25) is 6.79 Å². The molecule has 6 nitrogen and oxygen atoms in total. The quantitative estimate of drug-likeness (QED) is 0.376. The van der Waals surface area contributed by atoms with Crippen LogP contribution in [0.2, 0.25) is 0 Å². The molecule has 0 bridgehead atoms. The van der Waals surface area contributed by atoms with Crippen molar-refractivity contribution in [2.75, 3.05) is 13.3 Å². The lowest BCUT2D eigenvalue weighted by atomic mass is 10.1. The molecule has 2 aliphatic rings. The van der Waals surface area contributed by atoms with Gasteiger partial charge in [-0.25, -0.2) is 0 Å². The third-order valence-electron chi connectivity index (χ3n) is 3.89. The first-order valence-corrected chi connectivity index (χ1v) is 10.0. The summed E-state index contributed by atoms with van der Waals surface area (Å²) in [5, 5.41) is 8.65. The number of aliphatic carboxylic acids is 1. The number of carboxylic acid groups (broad SMARTS) is 1. The minimum atomic E-state index is -0.798. The van der Waals surface area contributed by atoms with Crippen LogP contribution in [0.5, 0.6) is 11.5 Å². The molecule has 0 aromatic heterocycles. The predicted octanol–water partition coefficient (Wildman–Crippen LogP) is 4.02. The molecule has 0 aliphatic carbocycles. The fourth-order valence-electron chi connectivity index (χ4n) is 2.64. The number of benzene rings is 1. The van der Waals surface area contributed by atoms with E-state index < -0.39 is 5.97 Å². The fourth-order valence-corrected chi connectivity index (χ4v) is 4.52. The molecular formula is C17H16BrNO5S2. The Morgan fingerprint density at radius 2 is 2.15 bits per heavy atom. The first-order valence-electron chi connectivity index (χ1n) is 8.02. The minimum absolute atomic E-state index is 0.118. The Morgan fingerprint density at radius 1 is 1.35 bits per heavy atom. The summed E-state index contributed by atoms with van der Waals surface area (Å²) < 4.78 is 12.1. The summed E-state index contributed by atoms with van der Waals surface area (Å²) in [6, 6.07) is 3.69. The zero-order chi connectivity index (χ0) is 18.7. The van der Waals surface area contributed by atoms with Gasteiger partial charge in [0.05, 0.1) is 9.38 Å². The van der Waals surface area contributed by atoms with E-state index in [0.717, 1.165) is 22.9 Å². The maximum atomic E-state index is 12.6. The minimum Gasteiger partial charge on any atom is -0.481 e. The van der Waals surface area contributed by atoms with Crippen molar-refractivity contribution >= 4 is 62.2 Å². The molecule has 1 aromatic rings. The van der Waals surface area contributed by atoms with E-state index in [4.69, 9.17) is 26.8 Å². The van der Waals surface area contributed by atoms with Crippen LogP contribution in [0, 0.1) is 0 Å². The fraction of sp³-hybridized carbons (Fsp3) is 0.353. The molecule has 1 saturated heterocycles. The molecule has 9 heteroatoms. The third-order valence-corrected chi connectivity index (χ3v) is 5.86. The number of nitrogens with zero attached hydrogens (tertiary/aromatic N) is 1. The average Bonchev–Trinajstić information content (AvgIpc) is 3.14. The van der Waals surface area contributed by atoms with Crippen LogP contribution in [-0.2, 0) is 9.59 Å². The average molecular weight is 458 g/mol. The Kier molecular flexibility index (Phi) is 6.20. The summed E-state index contributed by atoms with van der Waals surface area (Å²) >= 11 is 10.0. The monoisotopic (exact) mass is 457 g/mol. The van der Waals surface area contributed by atoms with E-state index in [9.17, 15) is 9.59 Å². The number of unbranched alkanes of at least 4 members (excludes halogenated alkanes) is 2. The number of ether oxygens (including phenoxy) is 2. The number of fused-ring (bicyclic) bond motifs is 1. The van der Waals surface area contributed by atoms with E-state index >= 15 is 0 Å². The summed E-state index contributed by atoms with van der Waals surface area (Å²) in [6.07, 6.45) is 4.01. The van der Waals surface area contributed by atoms with Gasteiger partial charge in [-0.15, -0.1) is 0 Å². The topological polar surface area (TPSA) is 76.1 Å². The maximum Gasteiger partial charge on any atom is 0.303 e. The summed E-state index contributed by atoms with van der Waals surface area (Å²) in [5.74, 6) is 0.385. The summed E-state index contributed by atoms with van der Waals surface area (Å²) in [6.45, 7) is 0.688. The van der Waals surface area contributed by atoms with Gasteiger partial charge in [-0.1, -0.05) is 30.4 Å². The second-order valence-electron chi connectivity index (χ2n) is 5.77. The van der Waals surface area contributed by atoms with E-state index in [1.807, 2.05) is 12.1 Å². The summed E-state index contributed by atoms with van der Waals surface area (Å²) in [4.78, 5) is 25.3. The van der Waals surface area contributed by atoms with Crippen LogP contribution in [0.25, 0.3) is 6.08 Å². The molecule has 2 heterocycles. The van der Waals surface area contributed by atoms with Gasteiger partial charge in [0, 0.05) is 13.0 Å². The Morgan fingerprint density at radius 3 is 2.92 bits per heavy atom. The Hall–Kier alpha value is -1.58. The highest BCUT2D eigenvalue weighted by molar-refractivity contribution is 9.10. The second-order valence-corrected chi connectivity index (χ2v) is 8.30. The lowest BCUT2D eigenvalue weighted by Gasteiger charge is -2.13. The van der Waals surface area contributed by atoms with Gasteiger partial charge in [0.1, 0.15) is 4.32 Å². The number of amides is 1. The maximum absolute atomic E-state index is 12.6. The van der Waals surface area contributed by atoms with Crippen LogP contribution in [-0.4, -0.2) is 39.5 Å². The molecule has 138 valence electrons. The van der Waals surface area contributed by atoms with Crippen LogP contribution >= 0.6 is 39.9 Å². The highest BCUT2D eigenvalue weighted by Gasteiger charge is 2.31. The smallest absolute Gasteiger partial charge is 0.303 e. The normalized spacial score (nSPS) is 17.4. The molecule has 0 radical (unpaired) electrons. The second kappa shape index (κ2) is 8.41. The highest BCUT2D eigenvalue weighted by Crippen LogP contribution is 2.41. The van der Waals surface area contributed by atoms with Crippen molar-refractivity contribution in [3.8, 4) is 11.5 Å². The van der Waals surface area contributed by atoms with Crippen molar-refractivity contribution in [1.29, 1.82) is 0 Å². The number of hydrogen-bond acceptors (Lipinski definition) is 6. The predicted molar refractivity (Wildman–Crippen MR) is 106 cm³/mol. The number of thiocarbonyl (C=S) groups is 1. The van der Waals surface area contributed by atoms with E-state index in [1.165, 1.54) is 11.8 Å². The first kappa shape index (κ1) is 19.2. The van der Waals surface area contributed by atoms with Crippen LogP contribution in [0.3, 0.4) is 0 Å². The zero-order valence-electron chi connectivity index (χ0n) is 13.7. The molecular weight excluding hydrogens is 442 g/mol. The Bertz CT molecular complexity index is 796. The van der Waals surface area contributed by atoms with Crippen molar-refractivity contribution in [3.05, 3.63) is 27.1 Å². The Balaban J connectivity index is 1.64. The van der Waals surface area contributed by atoms with E-state index in [-0.39, 0.29) is 19.1 Å². The molecule has 0 spiro atoms. The molecule has 1 aromatic carbocycles. The summed E-state index contributed by atoms with van der Waals surface area (Å²) in [5.41, 5.74) is 0.822. The van der Waals surface area contributed by atoms with Crippen LogP contribution in [0.4, 0.5) is 0 Å². The molecule has 1 amide bonds. The Labute approximate surface area is 168 Å². The van der Waals surface area contributed by atoms with Gasteiger partial charge in [-0.2, -0.15) is 0 Å². The van der Waals surface area contributed by atoms with Crippen LogP contribution < -0.4 is 9.47 Å². The molecule has 2 aliphatic heterocycles. The van der Waals surface area contributed by atoms with Crippen molar-refractivity contribution in [2.45, 2.75) is 25.7 Å². The van der Waals surface area contributed by atoms with Gasteiger partial charge in [0.15, 0.2) is 11.5 Å². The third kappa shape index (κ3) is 4.39. The number of carboxylic acids is 1. The first-order chi connectivity index (χ1) is 12.5. The van der Waals surface area contributed by atoms with E-state index in [0.29, 0.717) is 33.7 Å². The van der Waals surface area contributed by atoms with Crippen molar-refractivity contribution in [2.24, 2.45) is 0 Å². The van der Waals surface area contributed by atoms with Crippen molar-refractivity contribution in [1.82, 2.24) is 4.90 Å². The van der Waals surface area contributed by atoms with E-state index in [2.05, 4.69) is 15.9 Å². The number of rotatable bonds is 7. The van der Waals surface area contributed by atoms with Gasteiger partial charge < -0.3 is 14.6 Å². The molecule has 3 rings (SSSR count). The van der Waals surface area contributed by atoms with Crippen molar-refractivity contribution in [3.63, 3.8) is 0 Å². The number of carbonyl (C=O) groups excluding carboxylic acids is 1. The highest BCUT2D eigenvalue weighted by atomic mass is 79.9. The molecule has 0 saturated carbocycles. The lowest BCUT2D eigenvalue weighted by Crippen LogP contribution is -2.29. The molecule has 0 unspecified atom stereocenters. The number of thioether (sulfide) groups is 1. The van der Waals surface area contributed by atoms with Crippen molar-refractivity contribution < 1.29 is 24.2 Å². The summed E-state index contributed by atoms with van der Waals surface area (Å²) in [7, 11) is 0. The largest absolute Gasteiger partial charge is 0.481 e. The number of carbonyl (C=O) groups is 2. The van der Waals surface area contributed by atoms with E-state index in [1.54, 1.807) is 11.0 Å². The molecule has 1 N–H and O–H groups in total. The van der Waals surface area contributed by atoms with Gasteiger partial charge in [0.25, 0.3) is 5.91 Å². The molecule has 1 fully saturated rings. The standard InChI is InChI=1S/C17H16BrNO5S2/c18-11-6-10(7-12-15(11)24-9-23-12)8-13-16(22)19(17(25)26-13)5-3-1-2-4-14(20)21/h6-8H,1-5,9H2,(H,20,21)/b13-8+. The van der Waals surface area contributed by atoms with Gasteiger partial charge in [-0.3, -0.25) is 14.5 Å². The van der Waals surface area contributed by atoms with Gasteiger partial charge >= 0.3 is 5.97 Å². The van der Waals surface area contributed by atoms with Crippen LogP contribution in [0.15, 0.2) is 21.5 Å². The lowest BCUT2D eigenvalue weighted by molar-refractivity contribution is -0.137. The SMILES string of the molecule is O=C(O)CCCCCN1C(=O)/C(=C\c2cc(Br)c3c(c2)OCO3)SC1=S. The number of halogens is 1. The zero-order valence-corrected chi connectivity index (χ0v) is 16.9. The van der Waals surface area contributed by atoms with Crippen LogP contribution in [0.1, 0.15) is 31.2 Å². The van der Waals surface area contributed by atoms with Gasteiger partial charge in [-0.05, 0) is 52.5 Å². The molecule has 26 heavy (non-hydrogen) atoms. The number of hydrogen-bond donors (Lipinski definition) is 1. The molecule has 0 atom stereocenters.